The molecule has 3 rings (SSSR count). The molecule has 0 spiro atoms. The predicted octanol–water partition coefficient (Wildman–Crippen LogP) is 2.69. The number of nitrogens with one attached hydrogen (secondary N) is 2. The molecule has 0 bridgehead atoms. The molecule has 8 heteroatoms. The zero-order chi connectivity index (χ0) is 19.2. The SMILES string of the molecule is CNC1CCCN(CC(=O)NCc2c(C)nn(Cc3ccccc3)c2C)C1.Cl.Cl. The van der Waals surface area contributed by atoms with Crippen molar-refractivity contribution in [2.45, 2.75) is 45.8 Å². The van der Waals surface area contributed by atoms with Crippen molar-refractivity contribution in [2.75, 3.05) is 26.7 Å². The second kappa shape index (κ2) is 12.2. The highest BCUT2D eigenvalue weighted by Gasteiger charge is 2.20. The number of benzene rings is 1. The number of hydrogen-bond donors (Lipinski definition) is 2. The third-order valence-corrected chi connectivity index (χ3v) is 5.45. The number of halogens is 2. The molecule has 1 fully saturated rings. The summed E-state index contributed by atoms with van der Waals surface area (Å²) in [6.07, 6.45) is 2.33. The van der Waals surface area contributed by atoms with Crippen LogP contribution in [0.3, 0.4) is 0 Å². The van der Waals surface area contributed by atoms with Crippen LogP contribution in [0, 0.1) is 13.8 Å². The number of amides is 1. The highest BCUT2D eigenvalue weighted by Crippen LogP contribution is 2.15. The smallest absolute Gasteiger partial charge is 0.234 e. The lowest BCUT2D eigenvalue weighted by molar-refractivity contribution is -0.122. The number of aryl methyl sites for hydroxylation is 1. The number of carbonyl (C=O) groups excluding carboxylic acids is 1. The van der Waals surface area contributed by atoms with Crippen molar-refractivity contribution in [1.29, 1.82) is 0 Å². The van der Waals surface area contributed by atoms with Crippen molar-refractivity contribution in [1.82, 2.24) is 25.3 Å². The van der Waals surface area contributed by atoms with E-state index in [9.17, 15) is 4.79 Å². The Bertz CT molecular complexity index is 766. The molecule has 1 amide bonds. The molecule has 2 N–H and O–H groups in total. The van der Waals surface area contributed by atoms with Gasteiger partial charge in [0.1, 0.15) is 0 Å². The van der Waals surface area contributed by atoms with Crippen LogP contribution in [0.5, 0.6) is 0 Å². The average Bonchev–Trinajstić information content (AvgIpc) is 2.94. The molecule has 29 heavy (non-hydrogen) atoms. The monoisotopic (exact) mass is 441 g/mol. The van der Waals surface area contributed by atoms with E-state index in [1.807, 2.05) is 36.9 Å². The fraction of sp³-hybridized carbons (Fsp3) is 0.524. The van der Waals surface area contributed by atoms with E-state index in [2.05, 4.69) is 39.7 Å². The first-order valence-corrected chi connectivity index (χ1v) is 9.80. The number of hydrogen-bond acceptors (Lipinski definition) is 4. The van der Waals surface area contributed by atoms with Crippen LogP contribution in [-0.2, 0) is 17.9 Å². The van der Waals surface area contributed by atoms with Gasteiger partial charge in [-0.2, -0.15) is 5.10 Å². The number of piperidine rings is 1. The molecule has 1 aromatic heterocycles. The van der Waals surface area contributed by atoms with Crippen LogP contribution in [0.4, 0.5) is 0 Å². The Hall–Kier alpha value is -1.60. The van der Waals surface area contributed by atoms with Gasteiger partial charge in [-0.3, -0.25) is 14.4 Å². The summed E-state index contributed by atoms with van der Waals surface area (Å²) >= 11 is 0. The van der Waals surface area contributed by atoms with Crippen molar-refractivity contribution < 1.29 is 4.79 Å². The predicted molar refractivity (Wildman–Crippen MR) is 122 cm³/mol. The number of rotatable bonds is 7. The van der Waals surface area contributed by atoms with Gasteiger partial charge >= 0.3 is 0 Å². The van der Waals surface area contributed by atoms with Gasteiger partial charge in [0.15, 0.2) is 0 Å². The minimum absolute atomic E-state index is 0. The second-order valence-electron chi connectivity index (χ2n) is 7.43. The maximum atomic E-state index is 12.4. The Kier molecular flexibility index (Phi) is 10.7. The molecule has 6 nitrogen and oxygen atoms in total. The molecule has 0 aliphatic carbocycles. The number of likely N-dealkylation sites (N-methyl/N-ethyl adjacent to an activating group) is 1. The molecule has 1 aliphatic heterocycles. The molecule has 0 saturated carbocycles. The van der Waals surface area contributed by atoms with Crippen molar-refractivity contribution in [3.8, 4) is 0 Å². The molecule has 1 unspecified atom stereocenters. The minimum atomic E-state index is 0. The first-order chi connectivity index (χ1) is 13.1. The normalized spacial score (nSPS) is 16.6. The molecule has 1 atom stereocenters. The summed E-state index contributed by atoms with van der Waals surface area (Å²) in [4.78, 5) is 14.6. The topological polar surface area (TPSA) is 62.2 Å². The Morgan fingerprint density at radius 1 is 1.21 bits per heavy atom. The largest absolute Gasteiger partial charge is 0.351 e. The fourth-order valence-electron chi connectivity index (χ4n) is 3.78. The molecule has 1 aliphatic rings. The maximum absolute atomic E-state index is 12.4. The first-order valence-electron chi connectivity index (χ1n) is 9.80. The lowest BCUT2D eigenvalue weighted by Gasteiger charge is -2.31. The second-order valence-corrected chi connectivity index (χ2v) is 7.43. The van der Waals surface area contributed by atoms with Crippen molar-refractivity contribution in [2.24, 2.45) is 0 Å². The summed E-state index contributed by atoms with van der Waals surface area (Å²) in [5.74, 6) is 0.0846. The summed E-state index contributed by atoms with van der Waals surface area (Å²) in [6.45, 7) is 7.78. The Morgan fingerprint density at radius 2 is 1.93 bits per heavy atom. The average molecular weight is 442 g/mol. The van der Waals surface area contributed by atoms with E-state index < -0.39 is 0 Å². The van der Waals surface area contributed by atoms with Crippen LogP contribution < -0.4 is 10.6 Å². The molecule has 1 saturated heterocycles. The van der Waals surface area contributed by atoms with Crippen LogP contribution in [0.15, 0.2) is 30.3 Å². The number of carbonyl (C=O) groups is 1. The van der Waals surface area contributed by atoms with Crippen molar-refractivity contribution >= 4 is 30.7 Å². The molecule has 0 radical (unpaired) electrons. The lowest BCUT2D eigenvalue weighted by Crippen LogP contribution is -2.47. The molecule has 2 aromatic rings. The van der Waals surface area contributed by atoms with Gasteiger partial charge in [-0.25, -0.2) is 0 Å². The number of aromatic nitrogens is 2. The standard InChI is InChI=1S/C21H31N5O.2ClH/c1-16-20(17(2)26(24-16)13-18-8-5-4-6-9-18)12-23-21(27)15-25-11-7-10-19(14-25)22-3;;/h4-6,8-9,19,22H,7,10-15H2,1-3H3,(H,23,27);2*1H. The van der Waals surface area contributed by atoms with Gasteiger partial charge in [0.05, 0.1) is 18.8 Å². The van der Waals surface area contributed by atoms with Crippen LogP contribution >= 0.6 is 24.8 Å². The maximum Gasteiger partial charge on any atom is 0.234 e. The van der Waals surface area contributed by atoms with Crippen LogP contribution in [0.1, 0.15) is 35.4 Å². The zero-order valence-electron chi connectivity index (χ0n) is 17.5. The van der Waals surface area contributed by atoms with E-state index >= 15 is 0 Å². The summed E-state index contributed by atoms with van der Waals surface area (Å²) in [5, 5.41) is 11.1. The Labute approximate surface area is 186 Å². The first kappa shape index (κ1) is 25.4. The Morgan fingerprint density at radius 3 is 2.62 bits per heavy atom. The van der Waals surface area contributed by atoms with E-state index in [0.29, 0.717) is 19.1 Å². The highest BCUT2D eigenvalue weighted by atomic mass is 35.5. The van der Waals surface area contributed by atoms with E-state index in [-0.39, 0.29) is 30.7 Å². The lowest BCUT2D eigenvalue weighted by atomic mass is 10.1. The van der Waals surface area contributed by atoms with Gasteiger partial charge in [-0.1, -0.05) is 30.3 Å². The number of nitrogens with zero attached hydrogens (tertiary/aromatic N) is 3. The van der Waals surface area contributed by atoms with Gasteiger partial charge in [-0.05, 0) is 45.8 Å². The van der Waals surface area contributed by atoms with Crippen molar-refractivity contribution in [3.05, 3.63) is 52.8 Å². The summed E-state index contributed by atoms with van der Waals surface area (Å²) in [6, 6.07) is 10.8. The van der Waals surface area contributed by atoms with Gasteiger partial charge < -0.3 is 10.6 Å². The Balaban J connectivity index is 0.00000210. The third-order valence-electron chi connectivity index (χ3n) is 5.45. The molecule has 1 aromatic carbocycles. The number of likely N-dealkylation sites (tertiary alicyclic amines) is 1. The molecule has 162 valence electrons. The van der Waals surface area contributed by atoms with E-state index in [1.54, 1.807) is 0 Å². The fourth-order valence-corrected chi connectivity index (χ4v) is 3.78. The van der Waals surface area contributed by atoms with Crippen LogP contribution in [-0.4, -0.2) is 53.3 Å². The van der Waals surface area contributed by atoms with E-state index in [0.717, 1.165) is 43.0 Å². The summed E-state index contributed by atoms with van der Waals surface area (Å²) in [7, 11) is 1.99. The minimum Gasteiger partial charge on any atom is -0.351 e. The quantitative estimate of drug-likeness (QED) is 0.692. The molecular weight excluding hydrogens is 409 g/mol. The summed E-state index contributed by atoms with van der Waals surface area (Å²) in [5.41, 5.74) is 4.44. The van der Waals surface area contributed by atoms with Crippen LogP contribution in [0.25, 0.3) is 0 Å². The highest BCUT2D eigenvalue weighted by molar-refractivity contribution is 5.85. The summed E-state index contributed by atoms with van der Waals surface area (Å²) < 4.78 is 2.02. The van der Waals surface area contributed by atoms with Gasteiger partial charge in [0.2, 0.25) is 5.91 Å². The van der Waals surface area contributed by atoms with E-state index in [1.165, 1.54) is 12.0 Å². The van der Waals surface area contributed by atoms with Crippen molar-refractivity contribution in [3.63, 3.8) is 0 Å². The zero-order valence-corrected chi connectivity index (χ0v) is 19.1. The van der Waals surface area contributed by atoms with Gasteiger partial charge in [-0.15, -0.1) is 24.8 Å². The van der Waals surface area contributed by atoms with Gasteiger partial charge in [0.25, 0.3) is 0 Å². The van der Waals surface area contributed by atoms with Gasteiger partial charge in [0, 0.05) is 30.4 Å². The third kappa shape index (κ3) is 7.00. The van der Waals surface area contributed by atoms with E-state index in [4.69, 9.17) is 0 Å². The molecule has 2 heterocycles. The molecular formula is C21H33Cl2N5O. The van der Waals surface area contributed by atoms with Crippen LogP contribution in [0.2, 0.25) is 0 Å².